The van der Waals surface area contributed by atoms with Crippen molar-refractivity contribution in [3.63, 3.8) is 0 Å². The van der Waals surface area contributed by atoms with Gasteiger partial charge in [-0.2, -0.15) is 0 Å². The summed E-state index contributed by atoms with van der Waals surface area (Å²) in [6, 6.07) is 0. The fourth-order valence-corrected chi connectivity index (χ4v) is 1.59. The second-order valence-electron chi connectivity index (χ2n) is 4.52. The van der Waals surface area contributed by atoms with E-state index in [1.807, 2.05) is 0 Å². The SMILES string of the molecule is CCCCCCCCCCCC(=O)O.O=C(O)CO. The monoisotopic (exact) mass is 276 g/mol. The third-order valence-corrected chi connectivity index (χ3v) is 2.63. The first-order chi connectivity index (χ1) is 9.04. The molecule has 0 aromatic rings. The van der Waals surface area contributed by atoms with Gasteiger partial charge in [-0.1, -0.05) is 58.3 Å². The lowest BCUT2D eigenvalue weighted by atomic mass is 10.1. The van der Waals surface area contributed by atoms with Gasteiger partial charge >= 0.3 is 11.9 Å². The van der Waals surface area contributed by atoms with Crippen LogP contribution in [-0.4, -0.2) is 33.9 Å². The Balaban J connectivity index is 0. The lowest BCUT2D eigenvalue weighted by molar-refractivity contribution is -0.140. The molecule has 0 rings (SSSR count). The van der Waals surface area contributed by atoms with Crippen molar-refractivity contribution in [1.29, 1.82) is 0 Å². The summed E-state index contributed by atoms with van der Waals surface area (Å²) in [6.45, 7) is 1.45. The van der Waals surface area contributed by atoms with E-state index in [1.54, 1.807) is 0 Å². The van der Waals surface area contributed by atoms with Crippen LogP contribution in [0.3, 0.4) is 0 Å². The molecular weight excluding hydrogens is 248 g/mol. The van der Waals surface area contributed by atoms with Crippen LogP contribution >= 0.6 is 0 Å². The lowest BCUT2D eigenvalue weighted by Gasteiger charge is -2.00. The van der Waals surface area contributed by atoms with Crippen molar-refractivity contribution in [1.82, 2.24) is 0 Å². The van der Waals surface area contributed by atoms with Crippen molar-refractivity contribution in [2.24, 2.45) is 0 Å². The van der Waals surface area contributed by atoms with Crippen LogP contribution in [0.5, 0.6) is 0 Å². The fraction of sp³-hybridized carbons (Fsp3) is 0.857. The van der Waals surface area contributed by atoms with Crippen LogP contribution in [-0.2, 0) is 9.59 Å². The molecule has 0 fully saturated rings. The first kappa shape index (κ1) is 20.2. The first-order valence-electron chi connectivity index (χ1n) is 7.09. The van der Waals surface area contributed by atoms with Crippen LogP contribution in [0.1, 0.15) is 71.1 Å². The van der Waals surface area contributed by atoms with Crippen molar-refractivity contribution in [2.45, 2.75) is 71.1 Å². The predicted molar refractivity (Wildman–Crippen MR) is 74.2 cm³/mol. The molecule has 0 unspecified atom stereocenters. The second-order valence-corrected chi connectivity index (χ2v) is 4.52. The highest BCUT2D eigenvalue weighted by Gasteiger charge is 1.96. The number of carbonyl (C=O) groups is 2. The molecule has 0 aliphatic carbocycles. The number of unbranched alkanes of at least 4 members (excludes halogenated alkanes) is 8. The molecule has 0 spiro atoms. The highest BCUT2D eigenvalue weighted by molar-refractivity contribution is 5.67. The summed E-state index contributed by atoms with van der Waals surface area (Å²) in [5.74, 6) is -1.85. The van der Waals surface area contributed by atoms with E-state index in [9.17, 15) is 4.79 Å². The normalized spacial score (nSPS) is 9.58. The number of hydrogen-bond acceptors (Lipinski definition) is 3. The summed E-state index contributed by atoms with van der Waals surface area (Å²) >= 11 is 0. The number of hydrogen-bond donors (Lipinski definition) is 3. The molecule has 5 nitrogen and oxygen atoms in total. The van der Waals surface area contributed by atoms with Crippen LogP contribution < -0.4 is 0 Å². The van der Waals surface area contributed by atoms with Crippen LogP contribution in [0.2, 0.25) is 0 Å². The molecule has 0 heterocycles. The summed E-state index contributed by atoms with van der Waals surface area (Å²) < 4.78 is 0. The maximum absolute atomic E-state index is 10.2. The molecule has 3 N–H and O–H groups in total. The van der Waals surface area contributed by atoms with E-state index in [0.717, 1.165) is 12.8 Å². The zero-order valence-corrected chi connectivity index (χ0v) is 11.9. The summed E-state index contributed by atoms with van der Waals surface area (Å²) in [7, 11) is 0. The van der Waals surface area contributed by atoms with E-state index in [2.05, 4.69) is 6.92 Å². The lowest BCUT2D eigenvalue weighted by Crippen LogP contribution is -1.98. The Bertz CT molecular complexity index is 216. The Labute approximate surface area is 115 Å². The summed E-state index contributed by atoms with van der Waals surface area (Å²) in [5.41, 5.74) is 0. The third-order valence-electron chi connectivity index (χ3n) is 2.63. The minimum Gasteiger partial charge on any atom is -0.481 e. The predicted octanol–water partition coefficient (Wildman–Crippen LogP) is 3.06. The number of aliphatic carboxylic acids is 2. The number of aliphatic hydroxyl groups excluding tert-OH is 1. The maximum atomic E-state index is 10.2. The van der Waals surface area contributed by atoms with E-state index in [4.69, 9.17) is 20.1 Å². The van der Waals surface area contributed by atoms with Gasteiger partial charge in [-0.15, -0.1) is 0 Å². The fourth-order valence-electron chi connectivity index (χ4n) is 1.59. The van der Waals surface area contributed by atoms with Crippen molar-refractivity contribution >= 4 is 11.9 Å². The quantitative estimate of drug-likeness (QED) is 0.504. The van der Waals surface area contributed by atoms with Gasteiger partial charge in [0.2, 0.25) is 0 Å². The molecular formula is C14H28O5. The summed E-state index contributed by atoms with van der Waals surface area (Å²) in [5, 5.41) is 23.4. The Hall–Kier alpha value is -1.10. The van der Waals surface area contributed by atoms with Gasteiger partial charge in [0.1, 0.15) is 6.61 Å². The van der Waals surface area contributed by atoms with Gasteiger partial charge in [-0.05, 0) is 6.42 Å². The van der Waals surface area contributed by atoms with E-state index >= 15 is 0 Å². The van der Waals surface area contributed by atoms with Gasteiger partial charge in [0.15, 0.2) is 0 Å². The van der Waals surface area contributed by atoms with Gasteiger partial charge in [0.05, 0.1) is 0 Å². The molecule has 19 heavy (non-hydrogen) atoms. The minimum absolute atomic E-state index is 0.343. The molecule has 0 aliphatic rings. The van der Waals surface area contributed by atoms with Crippen LogP contribution in [0.4, 0.5) is 0 Å². The minimum atomic E-state index is -1.19. The number of aliphatic hydroxyl groups is 1. The average molecular weight is 276 g/mol. The molecule has 0 atom stereocenters. The van der Waals surface area contributed by atoms with E-state index in [-0.39, 0.29) is 0 Å². The molecule has 0 amide bonds. The molecule has 114 valence electrons. The first-order valence-corrected chi connectivity index (χ1v) is 7.09. The van der Waals surface area contributed by atoms with Crippen molar-refractivity contribution in [2.75, 3.05) is 6.61 Å². The van der Waals surface area contributed by atoms with Gasteiger partial charge in [0.25, 0.3) is 0 Å². The van der Waals surface area contributed by atoms with E-state index in [0.29, 0.717) is 6.42 Å². The highest BCUT2D eigenvalue weighted by atomic mass is 16.4. The standard InChI is InChI=1S/C12H24O2.C2H4O3/c1-2-3-4-5-6-7-8-9-10-11-12(13)14;3-1-2(4)5/h2-11H2,1H3,(H,13,14);3H,1H2,(H,4,5). The molecule has 0 saturated carbocycles. The Morgan fingerprint density at radius 1 is 0.737 bits per heavy atom. The zero-order valence-electron chi connectivity index (χ0n) is 11.9. The van der Waals surface area contributed by atoms with Crippen LogP contribution in [0, 0.1) is 0 Å². The average Bonchev–Trinajstić information content (AvgIpc) is 2.37. The molecule has 0 saturated heterocycles. The number of carboxylic acid groups (broad SMARTS) is 2. The Kier molecular flexibility index (Phi) is 18.0. The Morgan fingerprint density at radius 3 is 1.42 bits per heavy atom. The smallest absolute Gasteiger partial charge is 0.329 e. The van der Waals surface area contributed by atoms with Crippen molar-refractivity contribution in [3.8, 4) is 0 Å². The number of rotatable bonds is 11. The summed E-state index contributed by atoms with van der Waals surface area (Å²) in [6.07, 6.45) is 11.5. The zero-order chi connectivity index (χ0) is 14.9. The molecule has 0 aromatic heterocycles. The van der Waals surface area contributed by atoms with Crippen molar-refractivity contribution in [3.05, 3.63) is 0 Å². The van der Waals surface area contributed by atoms with Crippen LogP contribution in [0.25, 0.3) is 0 Å². The topological polar surface area (TPSA) is 94.8 Å². The van der Waals surface area contributed by atoms with E-state index < -0.39 is 18.5 Å². The van der Waals surface area contributed by atoms with Crippen molar-refractivity contribution < 1.29 is 24.9 Å². The maximum Gasteiger partial charge on any atom is 0.329 e. The van der Waals surface area contributed by atoms with Crippen LogP contribution in [0.15, 0.2) is 0 Å². The Morgan fingerprint density at radius 2 is 1.11 bits per heavy atom. The van der Waals surface area contributed by atoms with Gasteiger partial charge in [-0.25, -0.2) is 4.79 Å². The largest absolute Gasteiger partial charge is 0.481 e. The second kappa shape index (κ2) is 16.9. The third kappa shape index (κ3) is 26.5. The highest BCUT2D eigenvalue weighted by Crippen LogP contribution is 2.10. The van der Waals surface area contributed by atoms with Gasteiger partial charge in [0, 0.05) is 6.42 Å². The molecule has 5 heteroatoms. The number of carboxylic acids is 2. The van der Waals surface area contributed by atoms with Gasteiger partial charge in [-0.3, -0.25) is 4.79 Å². The van der Waals surface area contributed by atoms with E-state index in [1.165, 1.54) is 44.9 Å². The van der Waals surface area contributed by atoms with Gasteiger partial charge < -0.3 is 15.3 Å². The molecule has 0 radical (unpaired) electrons. The molecule has 0 aromatic carbocycles. The molecule has 0 aliphatic heterocycles. The summed E-state index contributed by atoms with van der Waals surface area (Å²) in [4.78, 5) is 19.3. The molecule has 0 bridgehead atoms.